The first-order valence-corrected chi connectivity index (χ1v) is 11.2. The number of carbonyl (C=O) groups excluding carboxylic acids is 2. The van der Waals surface area contributed by atoms with Gasteiger partial charge in [0.25, 0.3) is 5.91 Å². The third-order valence-corrected chi connectivity index (χ3v) is 5.98. The number of nitrogens with one attached hydrogen (secondary N) is 1. The summed E-state index contributed by atoms with van der Waals surface area (Å²) < 4.78 is 5.72. The number of hydrogen-bond donors (Lipinski definition) is 1. The lowest BCUT2D eigenvalue weighted by Crippen LogP contribution is -2.29. The van der Waals surface area contributed by atoms with Gasteiger partial charge < -0.3 is 10.1 Å². The molecule has 1 heterocycles. The van der Waals surface area contributed by atoms with Crippen molar-refractivity contribution in [3.63, 3.8) is 0 Å². The van der Waals surface area contributed by atoms with Gasteiger partial charge in [0.15, 0.2) is 0 Å². The van der Waals surface area contributed by atoms with Crippen LogP contribution in [0.1, 0.15) is 36.7 Å². The molecule has 0 aliphatic rings. The van der Waals surface area contributed by atoms with Crippen LogP contribution in [-0.2, 0) is 4.79 Å². The third-order valence-electron chi connectivity index (χ3n) is 5.98. The molecule has 0 unspecified atom stereocenters. The van der Waals surface area contributed by atoms with Gasteiger partial charge in [-0.1, -0.05) is 36.4 Å². The number of para-hydroxylation sites is 1. The van der Waals surface area contributed by atoms with Crippen molar-refractivity contribution in [2.45, 2.75) is 27.7 Å². The van der Waals surface area contributed by atoms with E-state index in [2.05, 4.69) is 22.4 Å². The number of fused-ring (bicyclic) bond motifs is 1. The molecule has 0 aliphatic carbocycles. The van der Waals surface area contributed by atoms with E-state index in [-0.39, 0.29) is 18.3 Å². The van der Waals surface area contributed by atoms with Crippen LogP contribution in [0.2, 0.25) is 0 Å². The fourth-order valence-corrected chi connectivity index (χ4v) is 3.60. The Morgan fingerprint density at radius 1 is 0.941 bits per heavy atom. The number of carbonyl (C=O) groups is 2. The number of pyridine rings is 1. The first kappa shape index (κ1) is 23.2. The third kappa shape index (κ3) is 5.15. The Kier molecular flexibility index (Phi) is 6.46. The van der Waals surface area contributed by atoms with Crippen LogP contribution < -0.4 is 10.1 Å². The molecule has 4 aromatic rings. The maximum absolute atomic E-state index is 13.0. The average Bonchev–Trinajstić information content (AvgIpc) is 2.82. The van der Waals surface area contributed by atoms with E-state index in [1.54, 1.807) is 13.1 Å². The zero-order chi connectivity index (χ0) is 24.3. The summed E-state index contributed by atoms with van der Waals surface area (Å²) in [5.41, 5.74) is 3.80. The second-order valence-electron chi connectivity index (χ2n) is 9.18. The van der Waals surface area contributed by atoms with Crippen molar-refractivity contribution in [2.24, 2.45) is 5.41 Å². The van der Waals surface area contributed by atoms with E-state index in [1.165, 1.54) is 0 Å². The Morgan fingerprint density at radius 3 is 2.35 bits per heavy atom. The summed E-state index contributed by atoms with van der Waals surface area (Å²) in [6, 6.07) is 23.2. The summed E-state index contributed by atoms with van der Waals surface area (Å²) >= 11 is 0. The van der Waals surface area contributed by atoms with Crippen LogP contribution >= 0.6 is 0 Å². The molecule has 0 bridgehead atoms. The maximum Gasteiger partial charge on any atom is 0.256 e. The number of aromatic nitrogens is 1. The van der Waals surface area contributed by atoms with Gasteiger partial charge in [0.1, 0.15) is 12.4 Å². The molecule has 3 aromatic carbocycles. The van der Waals surface area contributed by atoms with Crippen LogP contribution in [0, 0.1) is 12.3 Å². The van der Waals surface area contributed by atoms with Crippen molar-refractivity contribution >= 4 is 28.2 Å². The lowest BCUT2D eigenvalue weighted by atomic mass is 9.90. The molecular formula is C29H28N2O3. The summed E-state index contributed by atoms with van der Waals surface area (Å²) in [6.07, 6.45) is 1.76. The summed E-state index contributed by atoms with van der Waals surface area (Å²) in [4.78, 5) is 29.1. The molecule has 172 valence electrons. The number of ketones is 1. The highest BCUT2D eigenvalue weighted by molar-refractivity contribution is 6.13. The molecule has 5 heteroatoms. The molecule has 0 aliphatic heterocycles. The highest BCUT2D eigenvalue weighted by Crippen LogP contribution is 2.29. The van der Waals surface area contributed by atoms with Gasteiger partial charge in [-0.2, -0.15) is 0 Å². The summed E-state index contributed by atoms with van der Waals surface area (Å²) in [6.45, 7) is 7.54. The lowest BCUT2D eigenvalue weighted by Gasteiger charge is -2.20. The molecule has 5 nitrogen and oxygen atoms in total. The molecule has 0 fully saturated rings. The molecule has 0 atom stereocenters. The number of rotatable bonds is 7. The Hall–Kier alpha value is -3.99. The topological polar surface area (TPSA) is 68.3 Å². The predicted molar refractivity (Wildman–Crippen MR) is 136 cm³/mol. The van der Waals surface area contributed by atoms with Gasteiger partial charge in [0, 0.05) is 29.1 Å². The largest absolute Gasteiger partial charge is 0.477 e. The van der Waals surface area contributed by atoms with E-state index < -0.39 is 5.41 Å². The first-order valence-electron chi connectivity index (χ1n) is 11.2. The van der Waals surface area contributed by atoms with E-state index in [1.807, 2.05) is 81.4 Å². The monoisotopic (exact) mass is 452 g/mol. The molecule has 0 spiro atoms. The minimum absolute atomic E-state index is 0.0763. The molecule has 1 N–H and O–H groups in total. The fourth-order valence-electron chi connectivity index (χ4n) is 3.60. The quantitative estimate of drug-likeness (QED) is 0.350. The minimum atomic E-state index is -0.554. The first-order chi connectivity index (χ1) is 16.2. The molecule has 4 rings (SSSR count). The number of amides is 1. The van der Waals surface area contributed by atoms with Crippen molar-refractivity contribution in [2.75, 3.05) is 11.9 Å². The number of aryl methyl sites for hydroxylation is 1. The molecule has 1 aromatic heterocycles. The van der Waals surface area contributed by atoms with Gasteiger partial charge in [-0.25, -0.2) is 4.98 Å². The van der Waals surface area contributed by atoms with Crippen molar-refractivity contribution in [1.82, 2.24) is 4.98 Å². The van der Waals surface area contributed by atoms with Gasteiger partial charge in [-0.15, -0.1) is 0 Å². The number of anilines is 1. The highest BCUT2D eigenvalue weighted by atomic mass is 16.5. The number of nitrogens with zero attached hydrogens (tertiary/aromatic N) is 1. The summed E-state index contributed by atoms with van der Waals surface area (Å²) in [7, 11) is 0. The number of ether oxygens (including phenoxy) is 1. The number of Topliss-reactive ketones (excluding diaryl/α,β-unsaturated/α-hetero) is 1. The van der Waals surface area contributed by atoms with Crippen molar-refractivity contribution in [3.8, 4) is 17.0 Å². The average molecular weight is 453 g/mol. The normalized spacial score (nSPS) is 11.3. The summed E-state index contributed by atoms with van der Waals surface area (Å²) in [5, 5.41) is 4.85. The van der Waals surface area contributed by atoms with Gasteiger partial charge in [0.2, 0.25) is 5.88 Å². The van der Waals surface area contributed by atoms with Crippen LogP contribution in [0.4, 0.5) is 5.69 Å². The van der Waals surface area contributed by atoms with E-state index in [0.717, 1.165) is 33.2 Å². The molecule has 34 heavy (non-hydrogen) atoms. The number of benzene rings is 3. The molecule has 1 amide bonds. The number of hydrogen-bond acceptors (Lipinski definition) is 4. The van der Waals surface area contributed by atoms with Crippen LogP contribution in [-0.4, -0.2) is 23.3 Å². The standard InChI is InChI=1S/C29H28N2O3/c1-19-14-23-16-21(22-11-13-27(30-17-22)34-18-29(3,4)20(2)32)10-12-25(23)26(15-19)28(33)31-24-8-6-5-7-9-24/h5-17H,18H2,1-4H3,(H,31,33). The Labute approximate surface area is 199 Å². The van der Waals surface area contributed by atoms with E-state index in [9.17, 15) is 9.59 Å². The van der Waals surface area contributed by atoms with E-state index in [0.29, 0.717) is 11.4 Å². The molecule has 0 saturated heterocycles. The Bertz CT molecular complexity index is 1340. The fraction of sp³-hybridized carbons (Fsp3) is 0.207. The Balaban J connectivity index is 1.58. The molecule has 0 radical (unpaired) electrons. The second-order valence-corrected chi connectivity index (χ2v) is 9.18. The zero-order valence-electron chi connectivity index (χ0n) is 19.9. The van der Waals surface area contributed by atoms with Gasteiger partial charge >= 0.3 is 0 Å². The van der Waals surface area contributed by atoms with Crippen molar-refractivity contribution < 1.29 is 14.3 Å². The van der Waals surface area contributed by atoms with Crippen molar-refractivity contribution in [1.29, 1.82) is 0 Å². The highest BCUT2D eigenvalue weighted by Gasteiger charge is 2.24. The van der Waals surface area contributed by atoms with Gasteiger partial charge in [0.05, 0.1) is 5.41 Å². The van der Waals surface area contributed by atoms with E-state index in [4.69, 9.17) is 4.74 Å². The zero-order valence-corrected chi connectivity index (χ0v) is 19.9. The molecular weight excluding hydrogens is 424 g/mol. The van der Waals surface area contributed by atoms with Crippen LogP contribution in [0.25, 0.3) is 21.9 Å². The smallest absolute Gasteiger partial charge is 0.256 e. The predicted octanol–water partition coefficient (Wildman–Crippen LogP) is 6.46. The second kappa shape index (κ2) is 9.48. The van der Waals surface area contributed by atoms with Crippen LogP contribution in [0.3, 0.4) is 0 Å². The van der Waals surface area contributed by atoms with Crippen LogP contribution in [0.5, 0.6) is 5.88 Å². The minimum Gasteiger partial charge on any atom is -0.477 e. The van der Waals surface area contributed by atoms with Crippen LogP contribution in [0.15, 0.2) is 79.0 Å². The maximum atomic E-state index is 13.0. The van der Waals surface area contributed by atoms with Gasteiger partial charge in [-0.05, 0) is 79.9 Å². The molecule has 0 saturated carbocycles. The summed E-state index contributed by atoms with van der Waals surface area (Å²) in [5.74, 6) is 0.422. The van der Waals surface area contributed by atoms with Gasteiger partial charge in [-0.3, -0.25) is 9.59 Å². The van der Waals surface area contributed by atoms with Crippen molar-refractivity contribution in [3.05, 3.63) is 90.1 Å². The lowest BCUT2D eigenvalue weighted by molar-refractivity contribution is -0.126. The van der Waals surface area contributed by atoms with E-state index >= 15 is 0 Å². The Morgan fingerprint density at radius 2 is 1.68 bits per heavy atom. The SMILES string of the molecule is CC(=O)C(C)(C)COc1ccc(-c2ccc3c(C(=O)Nc4ccccc4)cc(C)cc3c2)cn1.